The van der Waals surface area contributed by atoms with Crippen molar-refractivity contribution in [2.45, 2.75) is 40.0 Å². The van der Waals surface area contributed by atoms with Gasteiger partial charge in [0.1, 0.15) is 0 Å². The number of rotatable bonds is 6. The van der Waals surface area contributed by atoms with E-state index in [1.165, 1.54) is 12.0 Å². The van der Waals surface area contributed by atoms with E-state index in [0.717, 1.165) is 74.7 Å². The molecule has 2 aromatic rings. The highest BCUT2D eigenvalue weighted by Gasteiger charge is 2.25. The fraction of sp³-hybridized carbons (Fsp3) is 0.538. The number of carbonyl (C=O) groups excluding carboxylic acids is 2. The average molecular weight is 437 g/mol. The summed E-state index contributed by atoms with van der Waals surface area (Å²) in [5, 5.41) is 0. The van der Waals surface area contributed by atoms with Gasteiger partial charge in [-0.25, -0.2) is 0 Å². The van der Waals surface area contributed by atoms with E-state index in [9.17, 15) is 9.59 Å². The van der Waals surface area contributed by atoms with Gasteiger partial charge in [0.2, 0.25) is 5.91 Å². The Morgan fingerprint density at radius 1 is 0.781 bits per heavy atom. The highest BCUT2D eigenvalue weighted by Crippen LogP contribution is 2.22. The Labute approximate surface area is 191 Å². The van der Waals surface area contributed by atoms with Crippen LogP contribution in [0.1, 0.15) is 46.6 Å². The maximum absolute atomic E-state index is 13.1. The summed E-state index contributed by atoms with van der Waals surface area (Å²) in [4.78, 5) is 32.1. The molecule has 2 saturated heterocycles. The molecular weight excluding hydrogens is 400 g/mol. The summed E-state index contributed by atoms with van der Waals surface area (Å²) in [5.74, 6) is 0.437. The number of aryl methyl sites for hydroxylation is 2. The van der Waals surface area contributed by atoms with Gasteiger partial charge in [-0.2, -0.15) is 0 Å². The van der Waals surface area contributed by atoms with Crippen LogP contribution in [-0.4, -0.2) is 83.3 Å². The summed E-state index contributed by atoms with van der Waals surface area (Å²) in [5.41, 5.74) is 5.21. The number of aromatic nitrogens is 1. The third-order valence-corrected chi connectivity index (χ3v) is 6.92. The molecule has 3 heterocycles. The van der Waals surface area contributed by atoms with E-state index >= 15 is 0 Å². The third kappa shape index (κ3) is 5.13. The molecule has 0 aliphatic carbocycles. The minimum absolute atomic E-state index is 0.175. The largest absolute Gasteiger partial charge is 0.342 e. The van der Waals surface area contributed by atoms with Gasteiger partial charge in [-0.15, -0.1) is 0 Å². The predicted octanol–water partition coefficient (Wildman–Crippen LogP) is 3.22. The van der Waals surface area contributed by atoms with Crippen molar-refractivity contribution in [3.05, 3.63) is 52.8 Å². The van der Waals surface area contributed by atoms with Crippen molar-refractivity contribution < 1.29 is 9.59 Å². The molecule has 0 spiro atoms. The topological polar surface area (TPSA) is 48.8 Å². The van der Waals surface area contributed by atoms with Crippen molar-refractivity contribution >= 4 is 11.7 Å². The highest BCUT2D eigenvalue weighted by molar-refractivity contribution is 5.99. The highest BCUT2D eigenvalue weighted by atomic mass is 16.2. The van der Waals surface area contributed by atoms with E-state index in [-0.39, 0.29) is 11.7 Å². The Morgan fingerprint density at radius 2 is 1.38 bits per heavy atom. The molecule has 2 aliphatic heterocycles. The summed E-state index contributed by atoms with van der Waals surface area (Å²) in [6, 6.07) is 10.4. The number of piperazine rings is 1. The quantitative estimate of drug-likeness (QED) is 0.653. The van der Waals surface area contributed by atoms with Crippen LogP contribution in [-0.2, 0) is 4.79 Å². The second-order valence-corrected chi connectivity index (χ2v) is 9.37. The molecule has 2 fully saturated rings. The van der Waals surface area contributed by atoms with Crippen LogP contribution in [0.2, 0.25) is 0 Å². The molecule has 172 valence electrons. The van der Waals surface area contributed by atoms with Gasteiger partial charge in [0.15, 0.2) is 5.78 Å². The number of hydrogen-bond donors (Lipinski definition) is 0. The lowest BCUT2D eigenvalue weighted by Crippen LogP contribution is -2.51. The van der Waals surface area contributed by atoms with E-state index in [2.05, 4.69) is 52.5 Å². The molecule has 6 nitrogen and oxygen atoms in total. The van der Waals surface area contributed by atoms with Crippen LogP contribution in [0.4, 0.5) is 0 Å². The molecule has 0 saturated carbocycles. The molecule has 4 rings (SSSR count). The Morgan fingerprint density at radius 3 is 2.00 bits per heavy atom. The Hall–Kier alpha value is -2.44. The number of hydrogen-bond acceptors (Lipinski definition) is 4. The molecule has 0 radical (unpaired) electrons. The molecule has 32 heavy (non-hydrogen) atoms. The van der Waals surface area contributed by atoms with Gasteiger partial charge in [-0.05, 0) is 58.2 Å². The van der Waals surface area contributed by atoms with Gasteiger partial charge >= 0.3 is 0 Å². The van der Waals surface area contributed by atoms with E-state index in [4.69, 9.17) is 0 Å². The van der Waals surface area contributed by atoms with Gasteiger partial charge in [0.25, 0.3) is 0 Å². The molecular formula is C26H36N4O2. The fourth-order valence-corrected chi connectivity index (χ4v) is 4.96. The second-order valence-electron chi connectivity index (χ2n) is 9.37. The third-order valence-electron chi connectivity index (χ3n) is 6.92. The van der Waals surface area contributed by atoms with Crippen molar-refractivity contribution in [3.8, 4) is 5.69 Å². The first-order valence-corrected chi connectivity index (χ1v) is 11.9. The molecule has 0 N–H and O–H groups in total. The number of amides is 1. The summed E-state index contributed by atoms with van der Waals surface area (Å²) in [6.45, 7) is 12.3. The summed E-state index contributed by atoms with van der Waals surface area (Å²) in [7, 11) is 0. The predicted molar refractivity (Wildman–Crippen MR) is 128 cm³/mol. The molecule has 1 aromatic heterocycles. The van der Waals surface area contributed by atoms with Crippen molar-refractivity contribution in [2.24, 2.45) is 0 Å². The van der Waals surface area contributed by atoms with E-state index < -0.39 is 0 Å². The zero-order chi connectivity index (χ0) is 22.7. The lowest BCUT2D eigenvalue weighted by atomic mass is 10.1. The molecule has 1 amide bonds. The minimum atomic E-state index is 0.175. The first-order valence-electron chi connectivity index (χ1n) is 11.9. The number of ketones is 1. The molecule has 0 unspecified atom stereocenters. The van der Waals surface area contributed by atoms with Crippen LogP contribution >= 0.6 is 0 Å². The second kappa shape index (κ2) is 10.0. The lowest BCUT2D eigenvalue weighted by Gasteiger charge is -2.35. The number of carbonyl (C=O) groups is 2. The standard InChI is InChI=1S/C26H36N4O2/c1-20-7-9-23(10-8-20)30-21(2)17-24(22(30)3)25(31)18-27-13-15-28(16-14-27)19-26(32)29-11-5-4-6-12-29/h7-10,17H,4-6,11-16,18-19H2,1-3H3. The van der Waals surface area contributed by atoms with Crippen LogP contribution < -0.4 is 0 Å². The number of likely N-dealkylation sites (tertiary alicyclic amines) is 1. The number of piperidine rings is 1. The SMILES string of the molecule is Cc1ccc(-n2c(C)cc(C(=O)CN3CCN(CC(=O)N4CCCCC4)CC3)c2C)cc1. The average Bonchev–Trinajstić information content (AvgIpc) is 3.10. The molecule has 0 bridgehead atoms. The smallest absolute Gasteiger partial charge is 0.236 e. The maximum atomic E-state index is 13.1. The van der Waals surface area contributed by atoms with Gasteiger partial charge in [-0.3, -0.25) is 19.4 Å². The maximum Gasteiger partial charge on any atom is 0.236 e. The molecule has 6 heteroatoms. The number of Topliss-reactive ketones (excluding diaryl/α,β-unsaturated/α-hetero) is 1. The van der Waals surface area contributed by atoms with Gasteiger partial charge in [-0.1, -0.05) is 17.7 Å². The van der Waals surface area contributed by atoms with E-state index in [1.54, 1.807) is 0 Å². The minimum Gasteiger partial charge on any atom is -0.342 e. The number of benzene rings is 1. The zero-order valence-corrected chi connectivity index (χ0v) is 19.8. The zero-order valence-electron chi connectivity index (χ0n) is 19.8. The lowest BCUT2D eigenvalue weighted by molar-refractivity contribution is -0.133. The Balaban J connectivity index is 1.32. The normalized spacial score (nSPS) is 18.2. The monoisotopic (exact) mass is 436 g/mol. The van der Waals surface area contributed by atoms with E-state index in [1.807, 2.05) is 17.9 Å². The van der Waals surface area contributed by atoms with Gasteiger partial charge in [0.05, 0.1) is 13.1 Å². The van der Waals surface area contributed by atoms with E-state index in [0.29, 0.717) is 13.1 Å². The first kappa shape index (κ1) is 22.7. The van der Waals surface area contributed by atoms with Crippen LogP contribution in [0.3, 0.4) is 0 Å². The van der Waals surface area contributed by atoms with Gasteiger partial charge in [0, 0.05) is 61.9 Å². The van der Waals surface area contributed by atoms with Gasteiger partial charge < -0.3 is 9.47 Å². The molecule has 0 atom stereocenters. The fourth-order valence-electron chi connectivity index (χ4n) is 4.96. The molecule has 2 aliphatic rings. The number of nitrogens with zero attached hydrogens (tertiary/aromatic N) is 4. The summed E-state index contributed by atoms with van der Waals surface area (Å²) >= 11 is 0. The van der Waals surface area contributed by atoms with Crippen LogP contribution in [0.5, 0.6) is 0 Å². The first-order chi connectivity index (χ1) is 15.4. The van der Waals surface area contributed by atoms with Crippen molar-refractivity contribution in [1.29, 1.82) is 0 Å². The summed E-state index contributed by atoms with van der Waals surface area (Å²) in [6.07, 6.45) is 3.50. The molecule has 1 aromatic carbocycles. The van der Waals surface area contributed by atoms with Crippen LogP contribution in [0.15, 0.2) is 30.3 Å². The van der Waals surface area contributed by atoms with Crippen molar-refractivity contribution in [2.75, 3.05) is 52.4 Å². The van der Waals surface area contributed by atoms with Crippen LogP contribution in [0.25, 0.3) is 5.69 Å². The van der Waals surface area contributed by atoms with Crippen molar-refractivity contribution in [3.63, 3.8) is 0 Å². The summed E-state index contributed by atoms with van der Waals surface area (Å²) < 4.78 is 2.16. The Bertz CT molecular complexity index is 949. The Kier molecular flexibility index (Phi) is 7.11. The van der Waals surface area contributed by atoms with Crippen LogP contribution in [0, 0.1) is 20.8 Å². The van der Waals surface area contributed by atoms with Crippen molar-refractivity contribution in [1.82, 2.24) is 19.3 Å².